The molecule has 0 spiro atoms. The van der Waals surface area contributed by atoms with Gasteiger partial charge in [0.15, 0.2) is 5.82 Å². The molecular formula is C23H24N6OS. The first-order valence-corrected chi connectivity index (χ1v) is 11.1. The van der Waals surface area contributed by atoms with Crippen LogP contribution in [-0.4, -0.2) is 38.1 Å². The molecule has 0 bridgehead atoms. The van der Waals surface area contributed by atoms with E-state index in [1.165, 1.54) is 22.0 Å². The monoisotopic (exact) mass is 432 g/mol. The van der Waals surface area contributed by atoms with E-state index < -0.39 is 0 Å². The van der Waals surface area contributed by atoms with Gasteiger partial charge >= 0.3 is 0 Å². The molecule has 3 N–H and O–H groups in total. The molecule has 0 saturated heterocycles. The summed E-state index contributed by atoms with van der Waals surface area (Å²) in [4.78, 5) is 16.8. The van der Waals surface area contributed by atoms with Crippen molar-refractivity contribution >= 4 is 28.6 Å². The number of rotatable bonds is 7. The molecule has 0 aliphatic rings. The Hall–Kier alpha value is -3.39. The zero-order chi connectivity index (χ0) is 21.8. The number of fused-ring (bicyclic) bond motifs is 1. The van der Waals surface area contributed by atoms with E-state index in [2.05, 4.69) is 46.7 Å². The number of para-hydroxylation sites is 1. The molecule has 0 radical (unpaired) electrons. The van der Waals surface area contributed by atoms with Gasteiger partial charge in [0.25, 0.3) is 0 Å². The standard InChI is InChI=1S/C23H24N6OS/c1-3-12-25-21(30)14-31-23-28-27-22(29(23)24)18-13-20(16-10-8-15(2)9-11-16)26-19-7-5-4-6-17(18)19/h4-11,13H,3,12,14,24H2,1-2H3,(H,25,30). The highest BCUT2D eigenvalue weighted by Gasteiger charge is 2.17. The maximum Gasteiger partial charge on any atom is 0.230 e. The van der Waals surface area contributed by atoms with Gasteiger partial charge in [-0.25, -0.2) is 9.66 Å². The van der Waals surface area contributed by atoms with E-state index >= 15 is 0 Å². The highest BCUT2D eigenvalue weighted by molar-refractivity contribution is 7.99. The number of carbonyl (C=O) groups excluding carboxylic acids is 1. The van der Waals surface area contributed by atoms with Crippen LogP contribution in [0, 0.1) is 6.92 Å². The summed E-state index contributed by atoms with van der Waals surface area (Å²) in [6.45, 7) is 4.73. The quantitative estimate of drug-likeness (QED) is 0.340. The SMILES string of the molecule is CCCNC(=O)CSc1nnc(-c2cc(-c3ccc(C)cc3)nc3ccccc23)n1N. The summed E-state index contributed by atoms with van der Waals surface area (Å²) in [6, 6.07) is 18.1. The molecule has 4 rings (SSSR count). The molecule has 0 fully saturated rings. The second kappa shape index (κ2) is 9.18. The fourth-order valence-corrected chi connectivity index (χ4v) is 3.92. The van der Waals surface area contributed by atoms with Crippen molar-refractivity contribution in [3.63, 3.8) is 0 Å². The number of nitrogens with two attached hydrogens (primary N) is 1. The molecule has 7 nitrogen and oxygen atoms in total. The predicted octanol–water partition coefficient (Wildman–Crippen LogP) is 3.80. The Morgan fingerprint density at radius 3 is 2.68 bits per heavy atom. The third-order valence-corrected chi connectivity index (χ3v) is 5.82. The second-order valence-corrected chi connectivity index (χ2v) is 8.20. The fourth-order valence-electron chi connectivity index (χ4n) is 3.24. The minimum Gasteiger partial charge on any atom is -0.355 e. The molecular weight excluding hydrogens is 408 g/mol. The number of amides is 1. The van der Waals surface area contributed by atoms with Crippen LogP contribution >= 0.6 is 11.8 Å². The van der Waals surface area contributed by atoms with Crippen LogP contribution in [0.2, 0.25) is 0 Å². The van der Waals surface area contributed by atoms with E-state index in [9.17, 15) is 4.79 Å². The zero-order valence-electron chi connectivity index (χ0n) is 17.5. The van der Waals surface area contributed by atoms with Crippen LogP contribution in [0.1, 0.15) is 18.9 Å². The Kier molecular flexibility index (Phi) is 6.18. The van der Waals surface area contributed by atoms with E-state index in [1.54, 1.807) is 0 Å². The fraction of sp³-hybridized carbons (Fsp3) is 0.217. The molecule has 158 valence electrons. The van der Waals surface area contributed by atoms with Crippen LogP contribution in [0.3, 0.4) is 0 Å². The van der Waals surface area contributed by atoms with Crippen molar-refractivity contribution in [1.29, 1.82) is 0 Å². The normalized spacial score (nSPS) is 11.0. The topological polar surface area (TPSA) is 98.7 Å². The average molecular weight is 433 g/mol. The minimum atomic E-state index is -0.0487. The highest BCUT2D eigenvalue weighted by Crippen LogP contribution is 2.32. The van der Waals surface area contributed by atoms with E-state index in [-0.39, 0.29) is 11.7 Å². The number of benzene rings is 2. The lowest BCUT2D eigenvalue weighted by molar-refractivity contribution is -0.118. The molecule has 8 heteroatoms. The number of hydrogen-bond acceptors (Lipinski definition) is 6. The summed E-state index contributed by atoms with van der Waals surface area (Å²) in [7, 11) is 0. The van der Waals surface area contributed by atoms with Gasteiger partial charge in [-0.2, -0.15) is 0 Å². The van der Waals surface area contributed by atoms with Crippen molar-refractivity contribution in [2.24, 2.45) is 0 Å². The van der Waals surface area contributed by atoms with Gasteiger partial charge in [0.1, 0.15) is 0 Å². The van der Waals surface area contributed by atoms with E-state index in [0.717, 1.165) is 34.1 Å². The summed E-state index contributed by atoms with van der Waals surface area (Å²) in [5.74, 6) is 7.06. The smallest absolute Gasteiger partial charge is 0.230 e. The molecule has 0 aliphatic heterocycles. The lowest BCUT2D eigenvalue weighted by Crippen LogP contribution is -2.26. The largest absolute Gasteiger partial charge is 0.355 e. The molecule has 31 heavy (non-hydrogen) atoms. The zero-order valence-corrected chi connectivity index (χ0v) is 18.3. The summed E-state index contributed by atoms with van der Waals surface area (Å²) >= 11 is 1.27. The number of aryl methyl sites for hydroxylation is 1. The van der Waals surface area contributed by atoms with Crippen LogP contribution < -0.4 is 11.2 Å². The number of nitrogens with zero attached hydrogens (tertiary/aromatic N) is 4. The van der Waals surface area contributed by atoms with Crippen molar-refractivity contribution in [1.82, 2.24) is 25.2 Å². The van der Waals surface area contributed by atoms with Crippen molar-refractivity contribution in [3.05, 3.63) is 60.2 Å². The first kappa shape index (κ1) is 20.9. The van der Waals surface area contributed by atoms with Gasteiger partial charge in [-0.15, -0.1) is 10.2 Å². The van der Waals surface area contributed by atoms with Gasteiger partial charge in [-0.05, 0) is 25.5 Å². The molecule has 0 saturated carbocycles. The summed E-state index contributed by atoms with van der Waals surface area (Å²) < 4.78 is 1.44. The van der Waals surface area contributed by atoms with Gasteiger partial charge in [-0.1, -0.05) is 66.7 Å². The van der Waals surface area contributed by atoms with E-state index in [4.69, 9.17) is 10.8 Å². The van der Waals surface area contributed by atoms with Crippen molar-refractivity contribution < 1.29 is 4.79 Å². The van der Waals surface area contributed by atoms with E-state index in [1.807, 2.05) is 37.3 Å². The van der Waals surface area contributed by atoms with Gasteiger partial charge < -0.3 is 11.2 Å². The van der Waals surface area contributed by atoms with Gasteiger partial charge in [0.2, 0.25) is 11.1 Å². The highest BCUT2D eigenvalue weighted by atomic mass is 32.2. The molecule has 2 aromatic carbocycles. The van der Waals surface area contributed by atoms with Crippen molar-refractivity contribution in [3.8, 4) is 22.6 Å². The first-order valence-electron chi connectivity index (χ1n) is 10.1. The Bertz CT molecular complexity index is 1220. The van der Waals surface area contributed by atoms with Gasteiger partial charge in [-0.3, -0.25) is 4.79 Å². The second-order valence-electron chi connectivity index (χ2n) is 7.25. The number of thioether (sulfide) groups is 1. The maximum atomic E-state index is 11.9. The van der Waals surface area contributed by atoms with Crippen LogP contribution in [0.4, 0.5) is 0 Å². The number of nitrogen functional groups attached to an aromatic ring is 1. The molecule has 1 amide bonds. The number of pyridine rings is 1. The number of carbonyl (C=O) groups is 1. The van der Waals surface area contributed by atoms with Crippen molar-refractivity contribution in [2.75, 3.05) is 18.1 Å². The van der Waals surface area contributed by atoms with Gasteiger partial charge in [0.05, 0.1) is 17.0 Å². The molecule has 0 atom stereocenters. The molecule has 0 aliphatic carbocycles. The Morgan fingerprint density at radius 1 is 1.13 bits per heavy atom. The maximum absolute atomic E-state index is 11.9. The Balaban J connectivity index is 1.71. The molecule has 2 heterocycles. The van der Waals surface area contributed by atoms with Crippen LogP contribution in [0.25, 0.3) is 33.5 Å². The predicted molar refractivity (Wildman–Crippen MR) is 125 cm³/mol. The van der Waals surface area contributed by atoms with Gasteiger partial charge in [0, 0.05) is 23.1 Å². The summed E-state index contributed by atoms with van der Waals surface area (Å²) in [5, 5.41) is 12.8. The first-order chi connectivity index (χ1) is 15.1. The molecule has 0 unspecified atom stereocenters. The number of nitrogens with one attached hydrogen (secondary N) is 1. The van der Waals surface area contributed by atoms with Crippen LogP contribution in [-0.2, 0) is 4.79 Å². The lowest BCUT2D eigenvalue weighted by atomic mass is 10.0. The average Bonchev–Trinajstić information content (AvgIpc) is 3.16. The summed E-state index contributed by atoms with van der Waals surface area (Å²) in [6.07, 6.45) is 0.895. The van der Waals surface area contributed by atoms with Crippen LogP contribution in [0.5, 0.6) is 0 Å². The molecule has 2 aromatic heterocycles. The lowest BCUT2D eigenvalue weighted by Gasteiger charge is -2.10. The van der Waals surface area contributed by atoms with Crippen LogP contribution in [0.15, 0.2) is 59.8 Å². The third-order valence-electron chi connectivity index (χ3n) is 4.87. The minimum absolute atomic E-state index is 0.0487. The number of aromatic nitrogens is 4. The Morgan fingerprint density at radius 2 is 1.90 bits per heavy atom. The van der Waals surface area contributed by atoms with E-state index in [0.29, 0.717) is 17.5 Å². The third kappa shape index (κ3) is 4.54. The van der Waals surface area contributed by atoms with Crippen molar-refractivity contribution in [2.45, 2.75) is 25.4 Å². The Labute approximate surface area is 185 Å². The summed E-state index contributed by atoms with van der Waals surface area (Å²) in [5.41, 5.74) is 4.74. The number of hydrogen-bond donors (Lipinski definition) is 2. The molecule has 4 aromatic rings.